The van der Waals surface area contributed by atoms with Gasteiger partial charge in [-0.05, 0) is 37.8 Å². The molecule has 20 heavy (non-hydrogen) atoms. The maximum absolute atomic E-state index is 14.4. The molecule has 1 saturated carbocycles. The first-order chi connectivity index (χ1) is 9.63. The van der Waals surface area contributed by atoms with Crippen molar-refractivity contribution in [1.82, 2.24) is 5.32 Å². The highest BCUT2D eigenvalue weighted by Gasteiger charge is 2.36. The average Bonchev–Trinajstić information content (AvgIpc) is 3.21. The van der Waals surface area contributed by atoms with Crippen LogP contribution in [0.1, 0.15) is 57.9 Å². The summed E-state index contributed by atoms with van der Waals surface area (Å²) >= 11 is 6.35. The van der Waals surface area contributed by atoms with Crippen molar-refractivity contribution in [3.63, 3.8) is 0 Å². The summed E-state index contributed by atoms with van der Waals surface area (Å²) in [6.07, 6.45) is 6.52. The summed E-state index contributed by atoms with van der Waals surface area (Å²) in [5.41, 5.74) is 0.549. The van der Waals surface area contributed by atoms with Crippen molar-refractivity contribution in [1.29, 1.82) is 0 Å². The largest absolute Gasteiger partial charge is 0.313 e. The Morgan fingerprint density at radius 1 is 1.25 bits per heavy atom. The summed E-state index contributed by atoms with van der Waals surface area (Å²) in [4.78, 5) is 0. The molecule has 1 aliphatic carbocycles. The molecule has 0 saturated heterocycles. The monoisotopic (exact) mass is 297 g/mol. The highest BCUT2D eigenvalue weighted by atomic mass is 35.5. The molecule has 1 aliphatic rings. The predicted molar refractivity (Wildman–Crippen MR) is 83.9 cm³/mol. The average molecular weight is 298 g/mol. The van der Waals surface area contributed by atoms with Crippen LogP contribution in [-0.2, 0) is 5.41 Å². The molecule has 0 unspecified atom stereocenters. The molecule has 112 valence electrons. The van der Waals surface area contributed by atoms with Gasteiger partial charge in [0, 0.05) is 28.6 Å². The summed E-state index contributed by atoms with van der Waals surface area (Å²) in [7, 11) is 0. The van der Waals surface area contributed by atoms with E-state index in [1.54, 1.807) is 12.1 Å². The van der Waals surface area contributed by atoms with Gasteiger partial charge in [0.15, 0.2) is 0 Å². The summed E-state index contributed by atoms with van der Waals surface area (Å²) in [6, 6.07) is 5.68. The first kappa shape index (κ1) is 15.8. The molecule has 0 aromatic heterocycles. The zero-order chi connectivity index (χ0) is 14.6. The third-order valence-electron chi connectivity index (χ3n) is 4.26. The maximum Gasteiger partial charge on any atom is 0.128 e. The highest BCUT2D eigenvalue weighted by molar-refractivity contribution is 6.31. The van der Waals surface area contributed by atoms with E-state index in [1.807, 2.05) is 6.07 Å². The summed E-state index contributed by atoms with van der Waals surface area (Å²) in [6.45, 7) is 5.16. The fraction of sp³-hybridized carbons (Fsp3) is 0.647. The van der Waals surface area contributed by atoms with Gasteiger partial charge in [0.1, 0.15) is 5.82 Å². The second kappa shape index (κ2) is 6.91. The molecule has 0 amide bonds. The minimum Gasteiger partial charge on any atom is -0.313 e. The molecule has 1 N–H and O–H groups in total. The van der Waals surface area contributed by atoms with Gasteiger partial charge in [-0.2, -0.15) is 0 Å². The van der Waals surface area contributed by atoms with Gasteiger partial charge in [0.2, 0.25) is 0 Å². The van der Waals surface area contributed by atoms with Crippen LogP contribution in [0.5, 0.6) is 0 Å². The minimum absolute atomic E-state index is 0.156. The van der Waals surface area contributed by atoms with Crippen LogP contribution >= 0.6 is 11.6 Å². The minimum atomic E-state index is -0.172. The van der Waals surface area contributed by atoms with E-state index in [2.05, 4.69) is 19.2 Å². The molecule has 0 aliphatic heterocycles. The standard InChI is InChI=1S/C17H25ClFN/c1-3-10-17(11-4-2,12-20-13-8-9-13)16-14(18)6-5-7-15(16)19/h5-7,13,20H,3-4,8-12H2,1-2H3. The van der Waals surface area contributed by atoms with Gasteiger partial charge in [-0.15, -0.1) is 0 Å². The summed E-state index contributed by atoms with van der Waals surface area (Å²) in [5, 5.41) is 4.17. The topological polar surface area (TPSA) is 12.0 Å². The van der Waals surface area contributed by atoms with Crippen LogP contribution in [0.15, 0.2) is 18.2 Å². The Labute approximate surface area is 126 Å². The van der Waals surface area contributed by atoms with Crippen molar-refractivity contribution in [2.45, 2.75) is 63.8 Å². The molecule has 0 radical (unpaired) electrons. The van der Waals surface area contributed by atoms with E-state index in [9.17, 15) is 4.39 Å². The first-order valence-corrected chi connectivity index (χ1v) is 8.18. The molecule has 0 atom stereocenters. The summed E-state index contributed by atoms with van der Waals surface area (Å²) in [5.74, 6) is -0.156. The van der Waals surface area contributed by atoms with Crippen LogP contribution in [0.4, 0.5) is 4.39 Å². The van der Waals surface area contributed by atoms with Crippen molar-refractivity contribution in [2.24, 2.45) is 0 Å². The smallest absolute Gasteiger partial charge is 0.128 e. The Morgan fingerprint density at radius 3 is 2.40 bits per heavy atom. The van der Waals surface area contributed by atoms with Crippen LogP contribution in [0.25, 0.3) is 0 Å². The van der Waals surface area contributed by atoms with Crippen LogP contribution in [-0.4, -0.2) is 12.6 Å². The van der Waals surface area contributed by atoms with Crippen molar-refractivity contribution in [3.05, 3.63) is 34.6 Å². The number of halogens is 2. The van der Waals surface area contributed by atoms with Gasteiger partial charge >= 0.3 is 0 Å². The fourth-order valence-corrected chi connectivity index (χ4v) is 3.59. The third-order valence-corrected chi connectivity index (χ3v) is 4.57. The van der Waals surface area contributed by atoms with Crippen LogP contribution in [0.3, 0.4) is 0 Å². The zero-order valence-electron chi connectivity index (χ0n) is 12.5. The third kappa shape index (κ3) is 3.53. The molecular formula is C17H25ClFN. The van der Waals surface area contributed by atoms with E-state index in [0.717, 1.165) is 37.8 Å². The lowest BCUT2D eigenvalue weighted by atomic mass is 9.73. The Hall–Kier alpha value is -0.600. The fourth-order valence-electron chi connectivity index (χ4n) is 3.23. The first-order valence-electron chi connectivity index (χ1n) is 7.81. The number of hydrogen-bond donors (Lipinski definition) is 1. The van der Waals surface area contributed by atoms with Gasteiger partial charge in [-0.25, -0.2) is 4.39 Å². The van der Waals surface area contributed by atoms with E-state index in [0.29, 0.717) is 11.1 Å². The van der Waals surface area contributed by atoms with Gasteiger partial charge < -0.3 is 5.32 Å². The second-order valence-corrected chi connectivity index (χ2v) is 6.44. The zero-order valence-corrected chi connectivity index (χ0v) is 13.3. The Balaban J connectivity index is 2.35. The van der Waals surface area contributed by atoms with Crippen molar-refractivity contribution in [3.8, 4) is 0 Å². The van der Waals surface area contributed by atoms with E-state index in [4.69, 9.17) is 11.6 Å². The SMILES string of the molecule is CCCC(CCC)(CNC1CC1)c1c(F)cccc1Cl. The number of rotatable bonds is 8. The van der Waals surface area contributed by atoms with Gasteiger partial charge in [0.05, 0.1) is 0 Å². The Morgan fingerprint density at radius 2 is 1.90 bits per heavy atom. The number of nitrogens with one attached hydrogen (secondary N) is 1. The molecule has 1 fully saturated rings. The van der Waals surface area contributed by atoms with Crippen molar-refractivity contribution >= 4 is 11.6 Å². The quantitative estimate of drug-likeness (QED) is 0.706. The Bertz CT molecular complexity index is 416. The highest BCUT2D eigenvalue weighted by Crippen LogP contribution is 2.40. The van der Waals surface area contributed by atoms with Crippen molar-refractivity contribution in [2.75, 3.05) is 6.54 Å². The number of hydrogen-bond acceptors (Lipinski definition) is 1. The maximum atomic E-state index is 14.4. The summed E-state index contributed by atoms with van der Waals surface area (Å²) < 4.78 is 14.4. The van der Waals surface area contributed by atoms with E-state index >= 15 is 0 Å². The van der Waals surface area contributed by atoms with Gasteiger partial charge in [-0.1, -0.05) is 44.4 Å². The van der Waals surface area contributed by atoms with Gasteiger partial charge in [0.25, 0.3) is 0 Å². The van der Waals surface area contributed by atoms with Crippen LogP contribution in [0, 0.1) is 5.82 Å². The van der Waals surface area contributed by atoms with E-state index in [-0.39, 0.29) is 11.2 Å². The predicted octanol–water partition coefficient (Wildman–Crippen LogP) is 5.07. The van der Waals surface area contributed by atoms with Crippen LogP contribution < -0.4 is 5.32 Å². The Kier molecular flexibility index (Phi) is 5.45. The second-order valence-electron chi connectivity index (χ2n) is 6.03. The normalized spacial score (nSPS) is 15.6. The molecule has 3 heteroatoms. The molecule has 2 rings (SSSR count). The van der Waals surface area contributed by atoms with Gasteiger partial charge in [-0.3, -0.25) is 0 Å². The lowest BCUT2D eigenvalue weighted by Crippen LogP contribution is -2.40. The molecular weight excluding hydrogens is 273 g/mol. The van der Waals surface area contributed by atoms with Crippen LogP contribution in [0.2, 0.25) is 5.02 Å². The van der Waals surface area contributed by atoms with E-state index in [1.165, 1.54) is 12.8 Å². The molecule has 1 aromatic rings. The molecule has 0 bridgehead atoms. The lowest BCUT2D eigenvalue weighted by Gasteiger charge is -2.35. The molecule has 1 aromatic carbocycles. The van der Waals surface area contributed by atoms with Crippen molar-refractivity contribution < 1.29 is 4.39 Å². The molecule has 0 heterocycles. The number of benzene rings is 1. The lowest BCUT2D eigenvalue weighted by molar-refractivity contribution is 0.322. The molecule has 1 nitrogen and oxygen atoms in total. The molecule has 0 spiro atoms. The van der Waals surface area contributed by atoms with E-state index < -0.39 is 0 Å².